The first-order valence-electron chi connectivity index (χ1n) is 6.77. The largest absolute Gasteiger partial charge is 0.497 e. The molecule has 1 aliphatic rings. The van der Waals surface area contributed by atoms with Crippen LogP contribution in [0.2, 0.25) is 0 Å². The van der Waals surface area contributed by atoms with Gasteiger partial charge in [0.2, 0.25) is 0 Å². The highest BCUT2D eigenvalue weighted by Crippen LogP contribution is 2.33. The van der Waals surface area contributed by atoms with Crippen molar-refractivity contribution in [2.45, 2.75) is 12.1 Å². The predicted octanol–water partition coefficient (Wildman–Crippen LogP) is 3.06. The molecule has 0 aliphatic carbocycles. The summed E-state index contributed by atoms with van der Waals surface area (Å²) >= 11 is 0. The number of ether oxygens (including phenoxy) is 2. The van der Waals surface area contributed by atoms with Crippen molar-refractivity contribution in [1.29, 1.82) is 5.26 Å². The smallest absolute Gasteiger partial charge is 0.174 e. The molecular formula is C17H16N2O2. The van der Waals surface area contributed by atoms with Crippen LogP contribution in [0.3, 0.4) is 0 Å². The summed E-state index contributed by atoms with van der Waals surface area (Å²) in [6, 6.07) is 17.8. The average Bonchev–Trinajstić information content (AvgIpc) is 2.56. The van der Waals surface area contributed by atoms with Crippen LogP contribution >= 0.6 is 0 Å². The standard InChI is InChI=1S/C17H16N2O2/c1-20-15-8-6-14(7-9-15)19-17(11-18)12-21-10-13-4-2-3-5-16(13)17/h2-9,19H,10,12H2,1H3. The molecule has 106 valence electrons. The van der Waals surface area contributed by atoms with E-state index in [2.05, 4.69) is 11.4 Å². The van der Waals surface area contributed by atoms with Gasteiger partial charge in [-0.3, -0.25) is 0 Å². The maximum absolute atomic E-state index is 9.73. The number of methoxy groups -OCH3 is 1. The molecule has 1 unspecified atom stereocenters. The molecule has 4 nitrogen and oxygen atoms in total. The number of nitriles is 1. The lowest BCUT2D eigenvalue weighted by atomic mass is 9.86. The van der Waals surface area contributed by atoms with Gasteiger partial charge in [-0.15, -0.1) is 0 Å². The van der Waals surface area contributed by atoms with Gasteiger partial charge in [0, 0.05) is 5.69 Å². The summed E-state index contributed by atoms with van der Waals surface area (Å²) in [6.45, 7) is 0.871. The van der Waals surface area contributed by atoms with E-state index >= 15 is 0 Å². The molecule has 0 spiro atoms. The van der Waals surface area contributed by atoms with Crippen LogP contribution in [0.15, 0.2) is 48.5 Å². The topological polar surface area (TPSA) is 54.3 Å². The molecule has 0 aromatic heterocycles. The summed E-state index contributed by atoms with van der Waals surface area (Å²) in [5.41, 5.74) is 2.03. The van der Waals surface area contributed by atoms with Crippen molar-refractivity contribution in [2.75, 3.05) is 19.0 Å². The molecule has 0 fully saturated rings. The Morgan fingerprint density at radius 1 is 1.19 bits per heavy atom. The molecule has 1 atom stereocenters. The number of hydrogen-bond donors (Lipinski definition) is 1. The van der Waals surface area contributed by atoms with Gasteiger partial charge in [-0.25, -0.2) is 0 Å². The minimum atomic E-state index is -0.858. The molecule has 0 saturated carbocycles. The highest BCUT2D eigenvalue weighted by Gasteiger charge is 2.37. The van der Waals surface area contributed by atoms with Crippen LogP contribution in [-0.4, -0.2) is 13.7 Å². The molecule has 4 heteroatoms. The number of fused-ring (bicyclic) bond motifs is 1. The van der Waals surface area contributed by atoms with Gasteiger partial charge in [-0.2, -0.15) is 5.26 Å². The fraction of sp³-hybridized carbons (Fsp3) is 0.235. The van der Waals surface area contributed by atoms with Gasteiger partial charge < -0.3 is 14.8 Å². The second-order valence-electron chi connectivity index (χ2n) is 5.02. The van der Waals surface area contributed by atoms with E-state index in [1.807, 2.05) is 48.5 Å². The number of hydrogen-bond acceptors (Lipinski definition) is 4. The van der Waals surface area contributed by atoms with Crippen molar-refractivity contribution in [3.05, 3.63) is 59.7 Å². The number of nitrogens with one attached hydrogen (secondary N) is 1. The zero-order valence-corrected chi connectivity index (χ0v) is 11.8. The summed E-state index contributed by atoms with van der Waals surface area (Å²) in [4.78, 5) is 0. The third-order valence-electron chi connectivity index (χ3n) is 3.69. The van der Waals surface area contributed by atoms with Gasteiger partial charge in [-0.05, 0) is 35.4 Å². The average molecular weight is 280 g/mol. The zero-order valence-electron chi connectivity index (χ0n) is 11.8. The minimum absolute atomic E-state index is 0.326. The minimum Gasteiger partial charge on any atom is -0.497 e. The van der Waals surface area contributed by atoms with E-state index in [9.17, 15) is 5.26 Å². The van der Waals surface area contributed by atoms with Crippen LogP contribution in [0.25, 0.3) is 0 Å². The van der Waals surface area contributed by atoms with E-state index in [1.54, 1.807) is 7.11 Å². The Morgan fingerprint density at radius 2 is 1.95 bits per heavy atom. The highest BCUT2D eigenvalue weighted by atomic mass is 16.5. The summed E-state index contributed by atoms with van der Waals surface area (Å²) in [6.07, 6.45) is 0. The molecule has 0 bridgehead atoms. The fourth-order valence-corrected chi connectivity index (χ4v) is 2.60. The van der Waals surface area contributed by atoms with Gasteiger partial charge in [0.25, 0.3) is 0 Å². The Labute approximate surface area is 123 Å². The van der Waals surface area contributed by atoms with E-state index in [1.165, 1.54) is 0 Å². The molecular weight excluding hydrogens is 264 g/mol. The Kier molecular flexibility index (Phi) is 3.51. The second-order valence-corrected chi connectivity index (χ2v) is 5.02. The third kappa shape index (κ3) is 2.44. The number of nitrogens with zero attached hydrogens (tertiary/aromatic N) is 1. The molecule has 1 aliphatic heterocycles. The van der Waals surface area contributed by atoms with Crippen molar-refractivity contribution in [3.8, 4) is 11.8 Å². The van der Waals surface area contributed by atoms with E-state index in [-0.39, 0.29) is 0 Å². The van der Waals surface area contributed by atoms with Crippen molar-refractivity contribution in [1.82, 2.24) is 0 Å². The Hall–Kier alpha value is -2.51. The van der Waals surface area contributed by atoms with E-state index in [4.69, 9.17) is 9.47 Å². The zero-order chi connectivity index (χ0) is 14.7. The fourth-order valence-electron chi connectivity index (χ4n) is 2.60. The summed E-state index contributed by atoms with van der Waals surface area (Å²) in [5, 5.41) is 13.0. The summed E-state index contributed by atoms with van der Waals surface area (Å²) in [5.74, 6) is 0.784. The highest BCUT2D eigenvalue weighted by molar-refractivity contribution is 5.54. The lowest BCUT2D eigenvalue weighted by molar-refractivity contribution is 0.0786. The maximum atomic E-state index is 9.73. The van der Waals surface area contributed by atoms with Gasteiger partial charge in [0.05, 0.1) is 26.4 Å². The summed E-state index contributed by atoms with van der Waals surface area (Å²) in [7, 11) is 1.63. The van der Waals surface area contributed by atoms with Gasteiger partial charge >= 0.3 is 0 Å². The van der Waals surface area contributed by atoms with Crippen molar-refractivity contribution >= 4 is 5.69 Å². The molecule has 0 saturated heterocycles. The second kappa shape index (κ2) is 5.47. The third-order valence-corrected chi connectivity index (χ3v) is 3.69. The first-order valence-corrected chi connectivity index (χ1v) is 6.77. The van der Waals surface area contributed by atoms with Crippen molar-refractivity contribution in [3.63, 3.8) is 0 Å². The van der Waals surface area contributed by atoms with Crippen LogP contribution in [-0.2, 0) is 16.9 Å². The van der Waals surface area contributed by atoms with Gasteiger partial charge in [0.1, 0.15) is 5.75 Å². The van der Waals surface area contributed by atoms with E-state index in [0.717, 1.165) is 22.6 Å². The number of anilines is 1. The van der Waals surface area contributed by atoms with Crippen LogP contribution in [0, 0.1) is 11.3 Å². The quantitative estimate of drug-likeness (QED) is 0.938. The molecule has 0 amide bonds. The maximum Gasteiger partial charge on any atom is 0.174 e. The monoisotopic (exact) mass is 280 g/mol. The molecule has 2 aromatic carbocycles. The van der Waals surface area contributed by atoms with E-state index in [0.29, 0.717) is 13.2 Å². The first-order chi connectivity index (χ1) is 10.3. The predicted molar refractivity (Wildman–Crippen MR) is 80.0 cm³/mol. The van der Waals surface area contributed by atoms with Crippen molar-refractivity contribution in [2.24, 2.45) is 0 Å². The van der Waals surface area contributed by atoms with Crippen LogP contribution in [0.4, 0.5) is 5.69 Å². The van der Waals surface area contributed by atoms with Gasteiger partial charge in [-0.1, -0.05) is 24.3 Å². The molecule has 21 heavy (non-hydrogen) atoms. The normalized spacial score (nSPS) is 20.2. The molecule has 2 aromatic rings. The van der Waals surface area contributed by atoms with Crippen molar-refractivity contribution < 1.29 is 9.47 Å². The molecule has 3 rings (SSSR count). The number of benzene rings is 2. The Balaban J connectivity index is 1.96. The summed E-state index contributed by atoms with van der Waals surface area (Å²) < 4.78 is 10.8. The lowest BCUT2D eigenvalue weighted by Crippen LogP contribution is -2.42. The number of rotatable bonds is 3. The van der Waals surface area contributed by atoms with Crippen LogP contribution in [0.5, 0.6) is 5.75 Å². The first kappa shape index (κ1) is 13.5. The SMILES string of the molecule is COc1ccc(NC2(C#N)COCc3ccccc32)cc1. The Bertz CT molecular complexity index is 676. The van der Waals surface area contributed by atoms with E-state index < -0.39 is 5.54 Å². The Morgan fingerprint density at radius 3 is 2.67 bits per heavy atom. The molecule has 0 radical (unpaired) electrons. The van der Waals surface area contributed by atoms with Gasteiger partial charge in [0.15, 0.2) is 5.54 Å². The molecule has 1 N–H and O–H groups in total. The van der Waals surface area contributed by atoms with Crippen LogP contribution in [0.1, 0.15) is 11.1 Å². The van der Waals surface area contributed by atoms with Crippen LogP contribution < -0.4 is 10.1 Å². The molecule has 1 heterocycles. The lowest BCUT2D eigenvalue weighted by Gasteiger charge is -2.34.